The van der Waals surface area contributed by atoms with E-state index in [0.717, 1.165) is 6.92 Å². The van der Waals surface area contributed by atoms with E-state index in [0.29, 0.717) is 57.0 Å². The molecule has 0 aliphatic carbocycles. The van der Waals surface area contributed by atoms with Crippen LogP contribution < -0.4 is 30.4 Å². The average Bonchev–Trinajstić information content (AvgIpc) is 3.76. The van der Waals surface area contributed by atoms with E-state index in [9.17, 15) is 9.59 Å². The number of ketones is 2. The summed E-state index contributed by atoms with van der Waals surface area (Å²) in [6.07, 6.45) is -4.97. The molecule has 11 heteroatoms. The van der Waals surface area contributed by atoms with Crippen molar-refractivity contribution in [3.63, 3.8) is 0 Å². The number of hydrogen-bond donors (Lipinski definition) is 2. The number of rotatable bonds is 10. The molecule has 4 N–H and O–H groups in total. The van der Waals surface area contributed by atoms with Crippen LogP contribution in [0.3, 0.4) is 0 Å². The largest absolute Gasteiger partial charge is 0.457 e. The van der Waals surface area contributed by atoms with Crippen LogP contribution in [0.15, 0.2) is 170 Å². The molecule has 0 amide bonds. The lowest BCUT2D eigenvalue weighted by atomic mass is 9.71. The van der Waals surface area contributed by atoms with Crippen molar-refractivity contribution in [1.29, 1.82) is 0 Å². The first-order valence-electron chi connectivity index (χ1n) is 20.2. The van der Waals surface area contributed by atoms with Gasteiger partial charge in [-0.2, -0.15) is 13.2 Å². The Balaban J connectivity index is 1.07. The normalized spacial score (nSPS) is 12.2. The second kappa shape index (κ2) is 15.2. The lowest BCUT2D eigenvalue weighted by Gasteiger charge is -2.36. The highest BCUT2D eigenvalue weighted by Gasteiger charge is 2.57. The molecule has 0 saturated heterocycles. The van der Waals surface area contributed by atoms with Gasteiger partial charge in [0.2, 0.25) is 0 Å². The van der Waals surface area contributed by atoms with Crippen LogP contribution in [0.25, 0.3) is 22.3 Å². The molecule has 0 aromatic heterocycles. The third kappa shape index (κ3) is 6.93. The maximum absolute atomic E-state index is 16.3. The zero-order valence-electron chi connectivity index (χ0n) is 33.9. The number of ether oxygens (including phenoxy) is 4. The summed E-state index contributed by atoms with van der Waals surface area (Å²) >= 11 is 0. The molecule has 4 bridgehead atoms. The highest BCUT2D eigenvalue weighted by atomic mass is 19.4. The predicted molar refractivity (Wildman–Crippen MR) is 238 cm³/mol. The lowest BCUT2D eigenvalue weighted by Crippen LogP contribution is -2.41. The van der Waals surface area contributed by atoms with E-state index in [1.165, 1.54) is 24.3 Å². The van der Waals surface area contributed by atoms with Gasteiger partial charge in [-0.25, -0.2) is 0 Å². The molecule has 0 fully saturated rings. The number of alkyl halides is 3. The standard InChI is InChI=1S/C53H35F3N2O6/c1-52(53(54,55)56,44-26-24-42(46-30-8-16-38(17-9-30)63-50(44)46)48(59)32-12-20-36(21-13-32)61-40-6-2-4-34(57)28-40)45-27-25-43(47-31-10-18-39(19-11-31)64-51(45)47)49(60)33-14-22-37(23-15-33)62-41-7-3-5-35(58)29-41/h2-29H,57-58H2,1H3. The summed E-state index contributed by atoms with van der Waals surface area (Å²) in [4.78, 5) is 28.8. The van der Waals surface area contributed by atoms with Gasteiger partial charge in [-0.05, 0) is 127 Å². The van der Waals surface area contributed by atoms with Crippen molar-refractivity contribution in [2.45, 2.75) is 18.5 Å². The Morgan fingerprint density at radius 3 is 1.23 bits per heavy atom. The van der Waals surface area contributed by atoms with Gasteiger partial charge in [-0.1, -0.05) is 48.5 Å². The number of carbonyl (C=O) groups excluding carboxylic acids is 2. The molecule has 12 rings (SSSR count). The van der Waals surface area contributed by atoms with Gasteiger partial charge < -0.3 is 30.4 Å². The SMILES string of the molecule is CC(c1ccc(C(=O)c2ccc(Oc3cccc(N)c3)cc2)c2c1Oc1ccc-2cc1)(c1ccc(C(=O)c2ccc(Oc3cccc(N)c3)cc2)c2c1Oc1ccc-2cc1)C(F)(F)F. The Morgan fingerprint density at radius 2 is 0.875 bits per heavy atom. The Hall–Kier alpha value is -8.31. The number of nitrogens with two attached hydrogens (primary N) is 2. The Bertz CT molecular complexity index is 2940. The summed E-state index contributed by atoms with van der Waals surface area (Å²) in [5.74, 6) is 1.39. The maximum atomic E-state index is 16.3. The van der Waals surface area contributed by atoms with Crippen LogP contribution in [-0.2, 0) is 5.41 Å². The third-order valence-corrected chi connectivity index (χ3v) is 11.6. The first-order valence-corrected chi connectivity index (χ1v) is 20.2. The van der Waals surface area contributed by atoms with Crippen LogP contribution in [0.1, 0.15) is 49.9 Å². The molecule has 8 aromatic carbocycles. The van der Waals surface area contributed by atoms with Crippen molar-refractivity contribution in [2.75, 3.05) is 11.5 Å². The van der Waals surface area contributed by atoms with Crippen LogP contribution >= 0.6 is 0 Å². The van der Waals surface area contributed by atoms with E-state index >= 15 is 13.2 Å². The summed E-state index contributed by atoms with van der Waals surface area (Å²) in [5, 5.41) is 0. The minimum Gasteiger partial charge on any atom is -0.457 e. The van der Waals surface area contributed by atoms with Crippen molar-refractivity contribution in [2.24, 2.45) is 0 Å². The molecule has 314 valence electrons. The van der Waals surface area contributed by atoms with Crippen LogP contribution in [0.2, 0.25) is 0 Å². The van der Waals surface area contributed by atoms with Crippen molar-refractivity contribution < 1.29 is 41.7 Å². The molecule has 0 spiro atoms. The molecule has 8 aromatic rings. The highest BCUT2D eigenvalue weighted by molar-refractivity contribution is 6.15. The second-order valence-corrected chi connectivity index (χ2v) is 15.7. The first-order chi connectivity index (χ1) is 30.8. The van der Waals surface area contributed by atoms with Gasteiger partial charge >= 0.3 is 6.18 Å². The molecule has 0 unspecified atom stereocenters. The number of hydrogen-bond acceptors (Lipinski definition) is 8. The van der Waals surface area contributed by atoms with Crippen LogP contribution in [-0.4, -0.2) is 17.7 Å². The fourth-order valence-corrected chi connectivity index (χ4v) is 8.27. The van der Waals surface area contributed by atoms with Gasteiger partial charge in [0.15, 0.2) is 11.6 Å². The van der Waals surface area contributed by atoms with E-state index in [1.54, 1.807) is 146 Å². The van der Waals surface area contributed by atoms with Gasteiger partial charge in [-0.3, -0.25) is 9.59 Å². The van der Waals surface area contributed by atoms with E-state index in [4.69, 9.17) is 30.4 Å². The van der Waals surface area contributed by atoms with Crippen molar-refractivity contribution in [3.05, 3.63) is 203 Å². The summed E-state index contributed by atoms with van der Waals surface area (Å²) < 4.78 is 73.6. The zero-order chi connectivity index (χ0) is 44.3. The maximum Gasteiger partial charge on any atom is 0.402 e. The van der Waals surface area contributed by atoms with Gasteiger partial charge in [-0.15, -0.1) is 0 Å². The molecule has 4 aliphatic rings. The summed E-state index contributed by atoms with van der Waals surface area (Å²) in [7, 11) is 0. The molecule has 0 radical (unpaired) electrons. The first kappa shape index (κ1) is 39.8. The Morgan fingerprint density at radius 1 is 0.484 bits per heavy atom. The van der Waals surface area contributed by atoms with Gasteiger partial charge in [0.05, 0.1) is 0 Å². The fraction of sp³-hybridized carbons (Fsp3) is 0.0566. The Labute approximate surface area is 365 Å². The molecule has 4 aliphatic heterocycles. The second-order valence-electron chi connectivity index (χ2n) is 15.7. The number of anilines is 2. The minimum absolute atomic E-state index is 0.130. The number of fused-ring (bicyclic) bond motifs is 4. The number of halogens is 3. The molecule has 4 heterocycles. The van der Waals surface area contributed by atoms with Gasteiger partial charge in [0, 0.05) is 68.0 Å². The van der Waals surface area contributed by atoms with Gasteiger partial charge in [0.25, 0.3) is 0 Å². The summed E-state index contributed by atoms with van der Waals surface area (Å²) in [5.41, 5.74) is 11.7. The molecule has 0 saturated carbocycles. The van der Waals surface area contributed by atoms with Gasteiger partial charge in [0.1, 0.15) is 51.4 Å². The predicted octanol–water partition coefficient (Wildman–Crippen LogP) is 13.3. The third-order valence-electron chi connectivity index (χ3n) is 11.6. The number of carbonyl (C=O) groups is 2. The highest BCUT2D eigenvalue weighted by Crippen LogP contribution is 2.58. The smallest absolute Gasteiger partial charge is 0.402 e. The van der Waals surface area contributed by atoms with Crippen molar-refractivity contribution in [3.8, 4) is 68.2 Å². The quantitative estimate of drug-likeness (QED) is 0.103. The minimum atomic E-state index is -4.97. The molecule has 0 atom stereocenters. The lowest BCUT2D eigenvalue weighted by molar-refractivity contribution is -0.173. The van der Waals surface area contributed by atoms with Crippen LogP contribution in [0.5, 0.6) is 46.0 Å². The summed E-state index contributed by atoms with van der Waals surface area (Å²) in [6, 6.07) is 45.6. The van der Waals surface area contributed by atoms with E-state index in [-0.39, 0.29) is 56.0 Å². The van der Waals surface area contributed by atoms with E-state index in [1.807, 2.05) is 0 Å². The van der Waals surface area contributed by atoms with Crippen molar-refractivity contribution in [1.82, 2.24) is 0 Å². The number of benzene rings is 8. The van der Waals surface area contributed by atoms with Crippen LogP contribution in [0.4, 0.5) is 24.5 Å². The summed E-state index contributed by atoms with van der Waals surface area (Å²) in [6.45, 7) is 1.07. The van der Waals surface area contributed by atoms with Crippen LogP contribution in [0, 0.1) is 0 Å². The molecule has 8 nitrogen and oxygen atoms in total. The fourth-order valence-electron chi connectivity index (χ4n) is 8.27. The topological polar surface area (TPSA) is 123 Å². The van der Waals surface area contributed by atoms with E-state index < -0.39 is 23.2 Å². The molecular formula is C53H35F3N2O6. The monoisotopic (exact) mass is 852 g/mol. The number of nitrogen functional groups attached to an aromatic ring is 2. The average molecular weight is 853 g/mol. The zero-order valence-corrected chi connectivity index (χ0v) is 33.9. The molecular weight excluding hydrogens is 818 g/mol. The van der Waals surface area contributed by atoms with Crippen molar-refractivity contribution >= 4 is 22.9 Å². The molecule has 64 heavy (non-hydrogen) atoms. The van der Waals surface area contributed by atoms with E-state index in [2.05, 4.69) is 0 Å². The Kier molecular flexibility index (Phi) is 9.48.